The summed E-state index contributed by atoms with van der Waals surface area (Å²) in [5.41, 5.74) is 1.46. The summed E-state index contributed by atoms with van der Waals surface area (Å²) in [6, 6.07) is 3.64. The fraction of sp³-hybridized carbons (Fsp3) is 0.389. The van der Waals surface area contributed by atoms with E-state index in [9.17, 15) is 15.3 Å². The van der Waals surface area contributed by atoms with Gasteiger partial charge in [-0.2, -0.15) is 0 Å². The van der Waals surface area contributed by atoms with Gasteiger partial charge in [0.1, 0.15) is 11.2 Å². The molecule has 5 heterocycles. The summed E-state index contributed by atoms with van der Waals surface area (Å²) in [6.45, 7) is 5.49. The van der Waals surface area contributed by atoms with Crippen molar-refractivity contribution in [3.05, 3.63) is 41.3 Å². The first kappa shape index (κ1) is 14.8. The molecule has 7 nitrogen and oxygen atoms in total. The monoisotopic (exact) mass is 341 g/mol. The second kappa shape index (κ2) is 4.17. The highest BCUT2D eigenvalue weighted by molar-refractivity contribution is 5.62. The van der Waals surface area contributed by atoms with Crippen LogP contribution in [0.15, 0.2) is 24.5 Å². The predicted molar refractivity (Wildman–Crippen MR) is 89.0 cm³/mol. The van der Waals surface area contributed by atoms with Crippen molar-refractivity contribution in [3.8, 4) is 17.4 Å². The van der Waals surface area contributed by atoms with Gasteiger partial charge in [0, 0.05) is 24.5 Å². The lowest BCUT2D eigenvalue weighted by atomic mass is 9.78. The van der Waals surface area contributed by atoms with Crippen molar-refractivity contribution in [2.75, 3.05) is 0 Å². The van der Waals surface area contributed by atoms with Crippen LogP contribution in [0.5, 0.6) is 11.8 Å². The molecule has 5 rings (SSSR count). The third kappa shape index (κ3) is 1.51. The highest BCUT2D eigenvalue weighted by atomic mass is 16.6. The molecule has 1 fully saturated rings. The van der Waals surface area contributed by atoms with Gasteiger partial charge in [0.25, 0.3) is 0 Å². The van der Waals surface area contributed by atoms with Gasteiger partial charge in [-0.25, -0.2) is 9.55 Å². The van der Waals surface area contributed by atoms with E-state index in [0.29, 0.717) is 23.2 Å². The summed E-state index contributed by atoms with van der Waals surface area (Å²) in [4.78, 5) is 4.25. The van der Waals surface area contributed by atoms with E-state index in [-0.39, 0.29) is 11.8 Å². The van der Waals surface area contributed by atoms with E-state index < -0.39 is 17.3 Å². The van der Waals surface area contributed by atoms with E-state index in [2.05, 4.69) is 4.98 Å². The van der Waals surface area contributed by atoms with Crippen LogP contribution in [-0.2, 0) is 15.9 Å². The average molecular weight is 341 g/mol. The number of aliphatic hydroxyl groups excluding tert-OH is 1. The maximum atomic E-state index is 10.9. The molecule has 25 heavy (non-hydrogen) atoms. The maximum absolute atomic E-state index is 10.9. The SMILES string of the molecule is Cc1c(-n2c(O)c3c(c2O)C2(C)OC3(C)C[C@@H]2O)ccc2nccn12. The lowest BCUT2D eigenvalue weighted by molar-refractivity contribution is -0.0936. The maximum Gasteiger partial charge on any atom is 0.205 e. The molecule has 3 aromatic heterocycles. The van der Waals surface area contributed by atoms with Crippen molar-refractivity contribution in [2.45, 2.75) is 44.5 Å². The summed E-state index contributed by atoms with van der Waals surface area (Å²) < 4.78 is 9.33. The molecule has 0 saturated carbocycles. The van der Waals surface area contributed by atoms with E-state index in [0.717, 1.165) is 11.3 Å². The minimum Gasteiger partial charge on any atom is -0.494 e. The number of ether oxygens (including phenoxy) is 1. The van der Waals surface area contributed by atoms with Crippen molar-refractivity contribution >= 4 is 5.65 Å². The smallest absolute Gasteiger partial charge is 0.205 e. The van der Waals surface area contributed by atoms with E-state index in [1.807, 2.05) is 36.6 Å². The Hall–Kier alpha value is -2.51. The first-order valence-corrected chi connectivity index (χ1v) is 8.27. The molecule has 3 aromatic rings. The Morgan fingerprint density at radius 3 is 2.68 bits per heavy atom. The number of aromatic hydroxyl groups is 2. The van der Waals surface area contributed by atoms with Crippen LogP contribution in [0.3, 0.4) is 0 Å². The zero-order valence-electron chi connectivity index (χ0n) is 14.2. The lowest BCUT2D eigenvalue weighted by Crippen LogP contribution is -2.32. The topological polar surface area (TPSA) is 92.2 Å². The van der Waals surface area contributed by atoms with Gasteiger partial charge in [-0.3, -0.25) is 0 Å². The minimum atomic E-state index is -1.02. The van der Waals surface area contributed by atoms with Gasteiger partial charge in [-0.05, 0) is 32.9 Å². The van der Waals surface area contributed by atoms with Crippen molar-refractivity contribution in [1.82, 2.24) is 14.0 Å². The Morgan fingerprint density at radius 1 is 1.20 bits per heavy atom. The van der Waals surface area contributed by atoms with Crippen LogP contribution >= 0.6 is 0 Å². The zero-order valence-corrected chi connectivity index (χ0v) is 14.2. The molecule has 1 saturated heterocycles. The normalized spacial score (nSPS) is 30.3. The summed E-state index contributed by atoms with van der Waals surface area (Å²) in [5, 5.41) is 32.3. The van der Waals surface area contributed by atoms with Crippen molar-refractivity contribution in [3.63, 3.8) is 0 Å². The van der Waals surface area contributed by atoms with Crippen LogP contribution in [0.2, 0.25) is 0 Å². The van der Waals surface area contributed by atoms with Crippen LogP contribution in [0.4, 0.5) is 0 Å². The first-order valence-electron chi connectivity index (χ1n) is 8.27. The molecular weight excluding hydrogens is 322 g/mol. The molecule has 3 N–H and O–H groups in total. The standard InChI is InChI=1S/C18H19N3O4/c1-9-10(4-5-12-19-6-7-20(9)12)21-15(23)13-14(16(21)24)18(3)11(22)8-17(13,2)25-18/h4-7,11,22-24H,8H2,1-3H3/t11-,17?,18?/m0/s1. The molecule has 0 aromatic carbocycles. The lowest BCUT2D eigenvalue weighted by Gasteiger charge is -2.25. The quantitative estimate of drug-likeness (QED) is 0.630. The Labute approximate surface area is 143 Å². The fourth-order valence-electron chi connectivity index (χ4n) is 4.61. The summed E-state index contributed by atoms with van der Waals surface area (Å²) in [7, 11) is 0. The molecule has 2 aliphatic rings. The number of rotatable bonds is 1. The third-order valence-corrected chi connectivity index (χ3v) is 5.83. The molecule has 2 unspecified atom stereocenters. The third-order valence-electron chi connectivity index (χ3n) is 5.83. The second-order valence-electron chi connectivity index (χ2n) is 7.35. The van der Waals surface area contributed by atoms with Crippen molar-refractivity contribution in [1.29, 1.82) is 0 Å². The van der Waals surface area contributed by atoms with Gasteiger partial charge in [0.15, 0.2) is 0 Å². The van der Waals surface area contributed by atoms with E-state index in [1.165, 1.54) is 4.57 Å². The van der Waals surface area contributed by atoms with Crippen LogP contribution < -0.4 is 0 Å². The van der Waals surface area contributed by atoms with Gasteiger partial charge < -0.3 is 24.5 Å². The molecule has 130 valence electrons. The molecule has 0 aliphatic carbocycles. The van der Waals surface area contributed by atoms with Crippen LogP contribution in [-0.4, -0.2) is 35.4 Å². The predicted octanol–water partition coefficient (Wildman–Crippen LogP) is 2.07. The summed E-state index contributed by atoms with van der Waals surface area (Å²) in [5.74, 6) is -0.145. The van der Waals surface area contributed by atoms with E-state index in [1.54, 1.807) is 13.1 Å². The van der Waals surface area contributed by atoms with Gasteiger partial charge in [-0.1, -0.05) is 0 Å². The number of aryl methyl sites for hydroxylation is 1. The number of pyridine rings is 1. The molecule has 2 aliphatic heterocycles. The van der Waals surface area contributed by atoms with Crippen LogP contribution in [0, 0.1) is 6.92 Å². The van der Waals surface area contributed by atoms with E-state index in [4.69, 9.17) is 4.74 Å². The number of fused-ring (bicyclic) bond motifs is 6. The average Bonchev–Trinajstić information content (AvgIpc) is 3.22. The molecule has 0 amide bonds. The molecule has 0 spiro atoms. The Bertz CT molecular complexity index is 1050. The minimum absolute atomic E-state index is 0.0480. The summed E-state index contributed by atoms with van der Waals surface area (Å²) >= 11 is 0. The number of imidazole rings is 1. The number of hydrogen-bond donors (Lipinski definition) is 3. The molecular formula is C18H19N3O4. The molecule has 7 heteroatoms. The van der Waals surface area contributed by atoms with Crippen molar-refractivity contribution < 1.29 is 20.1 Å². The van der Waals surface area contributed by atoms with Gasteiger partial charge in [0.05, 0.1) is 28.5 Å². The summed E-state index contributed by atoms with van der Waals surface area (Å²) in [6.07, 6.45) is 3.18. The number of nitrogens with zero attached hydrogens (tertiary/aromatic N) is 3. The largest absolute Gasteiger partial charge is 0.494 e. The Kier molecular flexibility index (Phi) is 2.47. The van der Waals surface area contributed by atoms with E-state index >= 15 is 0 Å². The van der Waals surface area contributed by atoms with Crippen LogP contribution in [0.1, 0.15) is 37.1 Å². The Morgan fingerprint density at radius 2 is 1.92 bits per heavy atom. The molecule has 2 bridgehead atoms. The highest BCUT2D eigenvalue weighted by Crippen LogP contribution is 2.64. The van der Waals surface area contributed by atoms with Gasteiger partial charge >= 0.3 is 0 Å². The number of aliphatic hydroxyl groups is 1. The molecule has 3 atom stereocenters. The van der Waals surface area contributed by atoms with Crippen LogP contribution in [0.25, 0.3) is 11.3 Å². The van der Waals surface area contributed by atoms with Gasteiger partial charge in [0.2, 0.25) is 11.8 Å². The number of hydrogen-bond acceptors (Lipinski definition) is 5. The number of aromatic nitrogens is 3. The van der Waals surface area contributed by atoms with Gasteiger partial charge in [-0.15, -0.1) is 0 Å². The highest BCUT2D eigenvalue weighted by Gasteiger charge is 2.64. The fourth-order valence-corrected chi connectivity index (χ4v) is 4.61. The van der Waals surface area contributed by atoms with Crippen molar-refractivity contribution in [2.24, 2.45) is 0 Å². The molecule has 0 radical (unpaired) electrons. The Balaban J connectivity index is 1.83. The second-order valence-corrected chi connectivity index (χ2v) is 7.35. The first-order chi connectivity index (χ1) is 11.8. The zero-order chi connectivity index (χ0) is 17.7.